The van der Waals surface area contributed by atoms with Crippen LogP contribution in [0.15, 0.2) is 34.7 Å². The van der Waals surface area contributed by atoms with Gasteiger partial charge in [0.15, 0.2) is 0 Å². The minimum atomic E-state index is -0.513. The summed E-state index contributed by atoms with van der Waals surface area (Å²) in [7, 11) is 0. The van der Waals surface area contributed by atoms with Gasteiger partial charge in [0.05, 0.1) is 30.0 Å². The Kier molecular flexibility index (Phi) is 2.55. The van der Waals surface area contributed by atoms with Gasteiger partial charge in [0, 0.05) is 16.6 Å². The quantitative estimate of drug-likeness (QED) is 0.569. The number of esters is 2. The fraction of sp³-hybridized carbons (Fsp3) is 0.600. The number of cyclic esters (lactones) is 2. The monoisotopic (exact) mass is 356 g/mol. The van der Waals surface area contributed by atoms with Gasteiger partial charge in [0.25, 0.3) is 0 Å². The Hall–Kier alpha value is -2.08. The van der Waals surface area contributed by atoms with Crippen LogP contribution >= 0.6 is 0 Å². The van der Waals surface area contributed by atoms with E-state index >= 15 is 0 Å². The van der Waals surface area contributed by atoms with Gasteiger partial charge < -0.3 is 18.6 Å². The summed E-state index contributed by atoms with van der Waals surface area (Å²) in [5.41, 5.74) is 0.305. The van der Waals surface area contributed by atoms with Crippen molar-refractivity contribution in [1.82, 2.24) is 0 Å². The fourth-order valence-electron chi connectivity index (χ4n) is 6.55. The smallest absolute Gasteiger partial charge is 0.334 e. The maximum atomic E-state index is 12.9. The van der Waals surface area contributed by atoms with E-state index in [2.05, 4.69) is 6.92 Å². The first-order valence-corrected chi connectivity index (χ1v) is 9.30. The van der Waals surface area contributed by atoms with Crippen molar-refractivity contribution in [3.8, 4) is 0 Å². The van der Waals surface area contributed by atoms with Crippen LogP contribution in [-0.2, 0) is 23.8 Å². The van der Waals surface area contributed by atoms with Crippen molar-refractivity contribution in [3.63, 3.8) is 0 Å². The molecule has 3 saturated heterocycles. The summed E-state index contributed by atoms with van der Waals surface area (Å²) in [5, 5.41) is 0. The van der Waals surface area contributed by atoms with Crippen LogP contribution in [0.2, 0.25) is 0 Å². The SMILES string of the molecule is C[C@]12C[C@H](c3ccoc3)OC(=O)C1CC[C@@]13COC(=O)C1=CC[C@H]1O[C@]132. The molecule has 136 valence electrons. The molecule has 5 aliphatic rings. The highest BCUT2D eigenvalue weighted by molar-refractivity contribution is 5.94. The Balaban J connectivity index is 1.49. The molecule has 0 bridgehead atoms. The molecule has 6 nitrogen and oxygen atoms in total. The number of carbonyl (C=O) groups is 2. The average molecular weight is 356 g/mol. The van der Waals surface area contributed by atoms with Crippen molar-refractivity contribution in [3.05, 3.63) is 35.8 Å². The summed E-state index contributed by atoms with van der Waals surface area (Å²) in [5.74, 6) is -0.591. The van der Waals surface area contributed by atoms with E-state index in [0.717, 1.165) is 17.6 Å². The number of fused-ring (bicyclic) bond motifs is 1. The third kappa shape index (κ3) is 1.43. The van der Waals surface area contributed by atoms with E-state index in [1.165, 1.54) is 0 Å². The summed E-state index contributed by atoms with van der Waals surface area (Å²) in [6, 6.07) is 1.84. The Labute approximate surface area is 150 Å². The van der Waals surface area contributed by atoms with E-state index in [9.17, 15) is 9.59 Å². The molecule has 0 radical (unpaired) electrons. The first-order valence-electron chi connectivity index (χ1n) is 9.30. The third-order valence-corrected chi connectivity index (χ3v) is 7.70. The summed E-state index contributed by atoms with van der Waals surface area (Å²) >= 11 is 0. The Morgan fingerprint density at radius 3 is 2.96 bits per heavy atom. The first kappa shape index (κ1) is 15.0. The topological polar surface area (TPSA) is 78.3 Å². The van der Waals surface area contributed by atoms with Gasteiger partial charge in [0.1, 0.15) is 18.3 Å². The fourth-order valence-corrected chi connectivity index (χ4v) is 6.55. The lowest BCUT2D eigenvalue weighted by Crippen LogP contribution is -2.63. The lowest BCUT2D eigenvalue weighted by atomic mass is 9.45. The van der Waals surface area contributed by atoms with Crippen molar-refractivity contribution < 1.29 is 28.2 Å². The lowest BCUT2D eigenvalue weighted by molar-refractivity contribution is -0.194. The number of rotatable bonds is 1. The highest BCUT2D eigenvalue weighted by atomic mass is 16.6. The molecule has 4 heterocycles. The molecule has 0 N–H and O–H groups in total. The van der Waals surface area contributed by atoms with Crippen molar-refractivity contribution in [2.24, 2.45) is 16.7 Å². The van der Waals surface area contributed by atoms with Gasteiger partial charge in [-0.2, -0.15) is 0 Å². The number of hydrogen-bond donors (Lipinski definition) is 0. The van der Waals surface area contributed by atoms with E-state index in [4.69, 9.17) is 18.6 Å². The molecule has 26 heavy (non-hydrogen) atoms. The molecule has 6 atom stereocenters. The highest BCUT2D eigenvalue weighted by Crippen LogP contribution is 2.76. The van der Waals surface area contributed by atoms with Gasteiger partial charge in [-0.05, 0) is 31.7 Å². The van der Waals surface area contributed by atoms with Crippen LogP contribution in [0.4, 0.5) is 0 Å². The number of furan rings is 1. The Morgan fingerprint density at radius 1 is 1.27 bits per heavy atom. The van der Waals surface area contributed by atoms with Crippen LogP contribution in [0.3, 0.4) is 0 Å². The number of carbonyl (C=O) groups excluding carboxylic acids is 2. The molecule has 6 rings (SSSR count). The summed E-state index contributed by atoms with van der Waals surface area (Å²) in [6.07, 6.45) is 7.74. The molecule has 4 fully saturated rings. The number of epoxide rings is 1. The van der Waals surface area contributed by atoms with Crippen molar-refractivity contribution in [2.75, 3.05) is 6.61 Å². The molecular weight excluding hydrogens is 336 g/mol. The molecule has 1 aromatic heterocycles. The largest absolute Gasteiger partial charge is 0.472 e. The zero-order valence-electron chi connectivity index (χ0n) is 14.5. The minimum Gasteiger partial charge on any atom is -0.472 e. The van der Waals surface area contributed by atoms with Gasteiger partial charge >= 0.3 is 11.9 Å². The van der Waals surface area contributed by atoms with Gasteiger partial charge in [-0.15, -0.1) is 0 Å². The molecule has 6 heteroatoms. The predicted molar refractivity (Wildman–Crippen MR) is 86.7 cm³/mol. The Bertz CT molecular complexity index is 856. The van der Waals surface area contributed by atoms with Crippen LogP contribution in [-0.4, -0.2) is 30.3 Å². The molecule has 3 aliphatic heterocycles. The van der Waals surface area contributed by atoms with E-state index in [1.807, 2.05) is 12.1 Å². The van der Waals surface area contributed by atoms with Crippen molar-refractivity contribution >= 4 is 11.9 Å². The van der Waals surface area contributed by atoms with E-state index in [-0.39, 0.29) is 30.1 Å². The second kappa shape index (κ2) is 4.42. The zero-order chi connectivity index (χ0) is 17.7. The van der Waals surface area contributed by atoms with Crippen LogP contribution in [0, 0.1) is 16.7 Å². The second-order valence-corrected chi connectivity index (χ2v) is 8.55. The normalized spacial score (nSPS) is 48.3. The van der Waals surface area contributed by atoms with Gasteiger partial charge in [-0.3, -0.25) is 4.79 Å². The molecular formula is C20H20O6. The average Bonchev–Trinajstić information content (AvgIpc) is 2.99. The molecule has 1 aromatic rings. The van der Waals surface area contributed by atoms with Crippen molar-refractivity contribution in [1.29, 1.82) is 0 Å². The van der Waals surface area contributed by atoms with Gasteiger partial charge in [-0.25, -0.2) is 4.79 Å². The summed E-state index contributed by atoms with van der Waals surface area (Å²) in [6.45, 7) is 2.51. The van der Waals surface area contributed by atoms with Crippen LogP contribution < -0.4 is 0 Å². The molecule has 0 aromatic carbocycles. The highest BCUT2D eigenvalue weighted by Gasteiger charge is 2.84. The minimum absolute atomic E-state index is 0.0458. The summed E-state index contributed by atoms with van der Waals surface area (Å²) in [4.78, 5) is 25.3. The molecule has 2 spiro atoms. The molecule has 1 saturated carbocycles. The maximum absolute atomic E-state index is 12.9. The molecule has 1 unspecified atom stereocenters. The van der Waals surface area contributed by atoms with Crippen LogP contribution in [0.1, 0.15) is 44.3 Å². The second-order valence-electron chi connectivity index (χ2n) is 8.55. The number of ether oxygens (including phenoxy) is 3. The third-order valence-electron chi connectivity index (χ3n) is 7.70. The lowest BCUT2D eigenvalue weighted by Gasteiger charge is -2.57. The van der Waals surface area contributed by atoms with Gasteiger partial charge in [0.2, 0.25) is 0 Å². The maximum Gasteiger partial charge on any atom is 0.334 e. The van der Waals surface area contributed by atoms with Crippen LogP contribution in [0.5, 0.6) is 0 Å². The molecule has 2 aliphatic carbocycles. The Morgan fingerprint density at radius 2 is 2.15 bits per heavy atom. The summed E-state index contributed by atoms with van der Waals surface area (Å²) < 4.78 is 22.8. The number of hydrogen-bond acceptors (Lipinski definition) is 6. The van der Waals surface area contributed by atoms with E-state index in [1.54, 1.807) is 12.5 Å². The first-order chi connectivity index (χ1) is 12.5. The molecule has 0 amide bonds. The van der Waals surface area contributed by atoms with E-state index in [0.29, 0.717) is 25.9 Å². The predicted octanol–water partition coefficient (Wildman–Crippen LogP) is 2.69. The van der Waals surface area contributed by atoms with Gasteiger partial charge in [-0.1, -0.05) is 13.0 Å². The van der Waals surface area contributed by atoms with Crippen molar-refractivity contribution in [2.45, 2.75) is 50.4 Å². The zero-order valence-corrected chi connectivity index (χ0v) is 14.5. The van der Waals surface area contributed by atoms with E-state index < -0.39 is 16.4 Å². The standard InChI is InChI=1S/C20H20O6/c1-18-8-14(11-5-7-23-9-11)25-17(22)12(18)4-6-19-10-24-16(21)13(19)2-3-15-20(18,19)26-15/h2,5,7,9,12,14-15H,3-4,6,8,10H2,1H3/t12?,14-,15-,18+,19-,20+/m1/s1. The van der Waals surface area contributed by atoms with Crippen LogP contribution in [0.25, 0.3) is 0 Å².